The second-order valence-corrected chi connectivity index (χ2v) is 5.03. The molecule has 0 aromatic heterocycles. The third-order valence-corrected chi connectivity index (χ3v) is 3.54. The van der Waals surface area contributed by atoms with Crippen LogP contribution in [0.1, 0.15) is 47.0 Å². The smallest absolute Gasteiger partial charge is 0.123 e. The van der Waals surface area contributed by atoms with Crippen molar-refractivity contribution in [1.82, 2.24) is 0 Å². The van der Waals surface area contributed by atoms with Gasteiger partial charge < -0.3 is 14.6 Å². The minimum absolute atomic E-state index is 0.193. The first-order valence-electron chi connectivity index (χ1n) is 7.15. The zero-order valence-electron chi connectivity index (χ0n) is 12.5. The lowest BCUT2D eigenvalue weighted by Gasteiger charge is -2.25. The number of rotatable bonds is 8. The second-order valence-electron chi connectivity index (χ2n) is 5.03. The molecule has 0 bridgehead atoms. The van der Waals surface area contributed by atoms with Crippen LogP contribution in [0.15, 0.2) is 24.3 Å². The van der Waals surface area contributed by atoms with Crippen LogP contribution in [0, 0.1) is 0 Å². The van der Waals surface area contributed by atoms with Gasteiger partial charge in [0.1, 0.15) is 18.1 Å². The highest BCUT2D eigenvalue weighted by atomic mass is 16.5. The molecule has 1 N–H and O–H groups in total. The lowest BCUT2D eigenvalue weighted by Crippen LogP contribution is -2.34. The highest BCUT2D eigenvalue weighted by molar-refractivity contribution is 5.33. The molecular weight excluding hydrogens is 240 g/mol. The van der Waals surface area contributed by atoms with E-state index in [1.54, 1.807) is 0 Å². The normalized spacial score (nSPS) is 13.1. The van der Waals surface area contributed by atoms with Gasteiger partial charge >= 0.3 is 0 Å². The maximum atomic E-state index is 10.2. The van der Waals surface area contributed by atoms with Crippen molar-refractivity contribution < 1.29 is 14.6 Å². The molecule has 0 radical (unpaired) electrons. The van der Waals surface area contributed by atoms with Crippen LogP contribution in [-0.4, -0.2) is 23.4 Å². The first kappa shape index (κ1) is 15.8. The molecule has 0 saturated carbocycles. The summed E-state index contributed by atoms with van der Waals surface area (Å²) in [7, 11) is 0. The van der Waals surface area contributed by atoms with Gasteiger partial charge in [-0.3, -0.25) is 0 Å². The molecule has 1 aromatic carbocycles. The first-order chi connectivity index (χ1) is 9.03. The van der Waals surface area contributed by atoms with E-state index >= 15 is 0 Å². The number of hydrogen-bond donors (Lipinski definition) is 1. The predicted molar refractivity (Wildman–Crippen MR) is 77.8 cm³/mol. The van der Waals surface area contributed by atoms with Crippen molar-refractivity contribution in [2.75, 3.05) is 6.61 Å². The summed E-state index contributed by atoms with van der Waals surface area (Å²) in [6, 6.07) is 7.59. The topological polar surface area (TPSA) is 38.7 Å². The minimum atomic E-state index is -0.742. The van der Waals surface area contributed by atoms with Gasteiger partial charge in [0, 0.05) is 6.07 Å². The van der Waals surface area contributed by atoms with Gasteiger partial charge in [0.2, 0.25) is 0 Å². The Bertz CT molecular complexity index is 372. The number of hydrogen-bond acceptors (Lipinski definition) is 3. The lowest BCUT2D eigenvalue weighted by atomic mass is 9.99. The third kappa shape index (κ3) is 5.11. The number of ether oxygens (including phenoxy) is 2. The van der Waals surface area contributed by atoms with Crippen molar-refractivity contribution in [2.24, 2.45) is 0 Å². The average molecular weight is 266 g/mol. The van der Waals surface area contributed by atoms with Gasteiger partial charge in [0.05, 0.1) is 11.7 Å². The molecule has 0 amide bonds. The zero-order chi connectivity index (χ0) is 14.3. The molecule has 0 fully saturated rings. The largest absolute Gasteiger partial charge is 0.491 e. The van der Waals surface area contributed by atoms with Crippen molar-refractivity contribution in [2.45, 2.75) is 58.7 Å². The summed E-state index contributed by atoms with van der Waals surface area (Å²) in [4.78, 5) is 0. The quantitative estimate of drug-likeness (QED) is 0.778. The van der Waals surface area contributed by atoms with Gasteiger partial charge in [-0.15, -0.1) is 0 Å². The summed E-state index contributed by atoms with van der Waals surface area (Å²) >= 11 is 0. The maximum absolute atomic E-state index is 10.2. The Labute approximate surface area is 116 Å². The van der Waals surface area contributed by atoms with Crippen molar-refractivity contribution in [3.05, 3.63) is 24.3 Å². The summed E-state index contributed by atoms with van der Waals surface area (Å²) in [5.74, 6) is 1.55. The van der Waals surface area contributed by atoms with Gasteiger partial charge in [0.25, 0.3) is 0 Å². The Morgan fingerprint density at radius 3 is 2.37 bits per heavy atom. The van der Waals surface area contributed by atoms with Gasteiger partial charge in [0.15, 0.2) is 0 Å². The molecule has 0 aliphatic rings. The van der Waals surface area contributed by atoms with Crippen LogP contribution in [0.4, 0.5) is 0 Å². The Balaban J connectivity index is 2.62. The van der Waals surface area contributed by atoms with Gasteiger partial charge in [-0.2, -0.15) is 0 Å². The summed E-state index contributed by atoms with van der Waals surface area (Å²) < 4.78 is 11.4. The summed E-state index contributed by atoms with van der Waals surface area (Å²) in [6.45, 7) is 8.38. The Morgan fingerprint density at radius 2 is 1.79 bits per heavy atom. The van der Waals surface area contributed by atoms with Crippen LogP contribution >= 0.6 is 0 Å². The molecule has 19 heavy (non-hydrogen) atoms. The fraction of sp³-hybridized carbons (Fsp3) is 0.625. The van der Waals surface area contributed by atoms with Crippen molar-refractivity contribution in [3.8, 4) is 11.5 Å². The SMILES string of the molecule is CC[C@H](C)Oc1cccc(OCC(O)(CC)CC)c1. The summed E-state index contributed by atoms with van der Waals surface area (Å²) in [5, 5.41) is 10.2. The first-order valence-corrected chi connectivity index (χ1v) is 7.15. The molecule has 0 aliphatic carbocycles. The summed E-state index contributed by atoms with van der Waals surface area (Å²) in [5.41, 5.74) is -0.742. The van der Waals surface area contributed by atoms with Crippen LogP contribution < -0.4 is 9.47 Å². The van der Waals surface area contributed by atoms with Crippen LogP contribution in [-0.2, 0) is 0 Å². The standard InChI is InChI=1S/C16H26O3/c1-5-13(4)19-15-10-8-9-14(11-15)18-12-16(17,6-2)7-3/h8-11,13,17H,5-7,12H2,1-4H3/t13-/m0/s1. The molecule has 0 spiro atoms. The Morgan fingerprint density at radius 1 is 1.16 bits per heavy atom. The van der Waals surface area contributed by atoms with Crippen LogP contribution in [0.25, 0.3) is 0 Å². The van der Waals surface area contributed by atoms with E-state index in [4.69, 9.17) is 9.47 Å². The highest BCUT2D eigenvalue weighted by Gasteiger charge is 2.23. The fourth-order valence-electron chi connectivity index (χ4n) is 1.62. The molecule has 1 rings (SSSR count). The van der Waals surface area contributed by atoms with Gasteiger partial charge in [-0.25, -0.2) is 0 Å². The molecule has 3 heteroatoms. The van der Waals surface area contributed by atoms with E-state index in [-0.39, 0.29) is 6.10 Å². The van der Waals surface area contributed by atoms with Crippen molar-refractivity contribution in [3.63, 3.8) is 0 Å². The molecule has 1 atom stereocenters. The Hall–Kier alpha value is -1.22. The van der Waals surface area contributed by atoms with Gasteiger partial charge in [-0.1, -0.05) is 26.8 Å². The van der Waals surface area contributed by atoms with Crippen LogP contribution in [0.5, 0.6) is 11.5 Å². The molecule has 3 nitrogen and oxygen atoms in total. The van der Waals surface area contributed by atoms with Gasteiger partial charge in [-0.05, 0) is 38.3 Å². The predicted octanol–water partition coefficient (Wildman–Crippen LogP) is 3.79. The lowest BCUT2D eigenvalue weighted by molar-refractivity contribution is -0.0114. The zero-order valence-corrected chi connectivity index (χ0v) is 12.5. The van der Waals surface area contributed by atoms with Crippen LogP contribution in [0.2, 0.25) is 0 Å². The minimum Gasteiger partial charge on any atom is -0.491 e. The third-order valence-electron chi connectivity index (χ3n) is 3.54. The average Bonchev–Trinajstić information content (AvgIpc) is 2.45. The number of benzene rings is 1. The summed E-state index contributed by atoms with van der Waals surface area (Å²) in [6.07, 6.45) is 2.54. The molecule has 0 saturated heterocycles. The van der Waals surface area contributed by atoms with Crippen LogP contribution in [0.3, 0.4) is 0 Å². The molecule has 0 aliphatic heterocycles. The molecule has 1 aromatic rings. The van der Waals surface area contributed by atoms with E-state index in [1.165, 1.54) is 0 Å². The van der Waals surface area contributed by atoms with Crippen molar-refractivity contribution in [1.29, 1.82) is 0 Å². The molecule has 0 heterocycles. The number of aliphatic hydroxyl groups is 1. The van der Waals surface area contributed by atoms with E-state index in [2.05, 4.69) is 6.92 Å². The maximum Gasteiger partial charge on any atom is 0.123 e. The molecule has 108 valence electrons. The molecular formula is C16H26O3. The monoisotopic (exact) mass is 266 g/mol. The highest BCUT2D eigenvalue weighted by Crippen LogP contribution is 2.23. The Kier molecular flexibility index (Phi) is 6.16. The molecule has 0 unspecified atom stereocenters. The van der Waals surface area contributed by atoms with E-state index in [1.807, 2.05) is 45.0 Å². The second kappa shape index (κ2) is 7.39. The van der Waals surface area contributed by atoms with E-state index in [0.29, 0.717) is 19.4 Å². The van der Waals surface area contributed by atoms with E-state index < -0.39 is 5.60 Å². The fourth-order valence-corrected chi connectivity index (χ4v) is 1.62. The van der Waals surface area contributed by atoms with Crippen molar-refractivity contribution >= 4 is 0 Å². The van der Waals surface area contributed by atoms with E-state index in [0.717, 1.165) is 17.9 Å². The van der Waals surface area contributed by atoms with E-state index in [9.17, 15) is 5.11 Å².